The average Bonchev–Trinajstić information content (AvgIpc) is 1.99. The van der Waals surface area contributed by atoms with Crippen LogP contribution in [0.5, 0.6) is 0 Å². The Bertz CT molecular complexity index is 325. The van der Waals surface area contributed by atoms with E-state index in [4.69, 9.17) is 4.55 Å². The van der Waals surface area contributed by atoms with Crippen molar-refractivity contribution < 1.29 is 26.4 Å². The van der Waals surface area contributed by atoms with E-state index in [1.54, 1.807) is 0 Å². The molecular weight excluding hydrogens is 236 g/mol. The lowest BCUT2D eigenvalue weighted by molar-refractivity contribution is -0.882. The third kappa shape index (κ3) is 8.60. The molecule has 0 radical (unpaired) electrons. The third-order valence-corrected chi connectivity index (χ3v) is 2.29. The highest BCUT2D eigenvalue weighted by Gasteiger charge is 2.18. The Hall–Kier alpha value is -0.700. The first-order valence-electron chi connectivity index (χ1n) is 4.87. The fraction of sp³-hybridized carbons (Fsp3) is 0.875. The molecule has 0 rings (SSSR count). The van der Waals surface area contributed by atoms with E-state index in [0.717, 1.165) is 13.0 Å². The van der Waals surface area contributed by atoms with Gasteiger partial charge in [0, 0.05) is 0 Å². The predicted octanol–water partition coefficient (Wildman–Crippen LogP) is -0.634. The zero-order chi connectivity index (χ0) is 12.8. The number of carbonyl (C=O) groups excluding carboxylic acids is 1. The molecule has 7 nitrogen and oxygen atoms in total. The summed E-state index contributed by atoms with van der Waals surface area (Å²) in [7, 11) is -0.702. The highest BCUT2D eigenvalue weighted by molar-refractivity contribution is 7.80. The molecule has 16 heavy (non-hydrogen) atoms. The minimum Gasteiger partial charge on any atom is -0.327 e. The normalized spacial score (nSPS) is 12.5. The zero-order valence-corrected chi connectivity index (χ0v) is 10.6. The molecule has 0 unspecified atom stereocenters. The number of carbonyl (C=O) groups is 1. The number of likely N-dealkylation sites (N-methyl/N-ethyl adjacent to an activating group) is 1. The van der Waals surface area contributed by atoms with Gasteiger partial charge in [-0.1, -0.05) is 6.92 Å². The quantitative estimate of drug-likeness (QED) is 0.359. The largest absolute Gasteiger partial charge is 0.399 e. The SMILES string of the molecule is CCC[N+](C)(C)CC(=O)NCOS(=O)(=O)O. The third-order valence-electron chi connectivity index (χ3n) is 1.88. The monoisotopic (exact) mass is 255 g/mol. The van der Waals surface area contributed by atoms with E-state index in [1.165, 1.54) is 0 Å². The number of rotatable bonds is 7. The van der Waals surface area contributed by atoms with Gasteiger partial charge in [0.1, 0.15) is 6.73 Å². The maximum atomic E-state index is 11.3. The van der Waals surface area contributed by atoms with Crippen LogP contribution in [0.2, 0.25) is 0 Å². The second-order valence-electron chi connectivity index (χ2n) is 4.11. The van der Waals surface area contributed by atoms with Gasteiger partial charge in [-0.15, -0.1) is 0 Å². The van der Waals surface area contributed by atoms with Crippen molar-refractivity contribution in [1.82, 2.24) is 5.32 Å². The van der Waals surface area contributed by atoms with Crippen molar-refractivity contribution in [3.8, 4) is 0 Å². The summed E-state index contributed by atoms with van der Waals surface area (Å²) in [6.07, 6.45) is 0.946. The number of quaternary nitrogens is 1. The van der Waals surface area contributed by atoms with E-state index >= 15 is 0 Å². The maximum absolute atomic E-state index is 11.3. The lowest BCUT2D eigenvalue weighted by Gasteiger charge is -2.28. The molecule has 0 atom stereocenters. The summed E-state index contributed by atoms with van der Waals surface area (Å²) in [5.74, 6) is -0.331. The van der Waals surface area contributed by atoms with Crippen LogP contribution in [0.15, 0.2) is 0 Å². The number of nitrogens with one attached hydrogen (secondary N) is 1. The molecule has 0 fully saturated rings. The van der Waals surface area contributed by atoms with E-state index in [-0.39, 0.29) is 12.5 Å². The van der Waals surface area contributed by atoms with E-state index in [1.807, 2.05) is 21.0 Å². The predicted molar refractivity (Wildman–Crippen MR) is 57.8 cm³/mol. The van der Waals surface area contributed by atoms with Crippen molar-refractivity contribution in [2.75, 3.05) is 33.9 Å². The standard InChI is InChI=1S/C8H18N2O5S/c1-4-5-10(2,3)6-8(11)9-7-15-16(12,13)14/h4-7H2,1-3H3,(H-,9,11,12,13,14)/p+1. The minimum absolute atomic E-state index is 0.225. The van der Waals surface area contributed by atoms with Crippen LogP contribution in [0.4, 0.5) is 0 Å². The van der Waals surface area contributed by atoms with Gasteiger partial charge in [0.05, 0.1) is 20.6 Å². The van der Waals surface area contributed by atoms with E-state index in [2.05, 4.69) is 9.50 Å². The smallest absolute Gasteiger partial charge is 0.327 e. The van der Waals surface area contributed by atoms with Gasteiger partial charge in [0.15, 0.2) is 6.54 Å². The highest BCUT2D eigenvalue weighted by atomic mass is 32.3. The molecule has 96 valence electrons. The Kier molecular flexibility index (Phi) is 5.87. The van der Waals surface area contributed by atoms with Crippen LogP contribution >= 0.6 is 0 Å². The molecule has 0 aliphatic carbocycles. The molecule has 0 bridgehead atoms. The van der Waals surface area contributed by atoms with Crippen LogP contribution in [0.25, 0.3) is 0 Å². The molecule has 0 aliphatic rings. The van der Waals surface area contributed by atoms with E-state index < -0.39 is 17.1 Å². The van der Waals surface area contributed by atoms with Crippen molar-refractivity contribution in [2.45, 2.75) is 13.3 Å². The van der Waals surface area contributed by atoms with Gasteiger partial charge in [0.2, 0.25) is 0 Å². The summed E-state index contributed by atoms with van der Waals surface area (Å²) in [4.78, 5) is 11.3. The molecule has 0 aromatic rings. The topological polar surface area (TPSA) is 92.7 Å². The van der Waals surface area contributed by atoms with E-state index in [9.17, 15) is 13.2 Å². The fourth-order valence-corrected chi connectivity index (χ4v) is 1.52. The Morgan fingerprint density at radius 3 is 2.44 bits per heavy atom. The molecule has 0 spiro atoms. The first-order valence-corrected chi connectivity index (χ1v) is 6.23. The summed E-state index contributed by atoms with van der Waals surface area (Å²) in [6.45, 7) is 2.53. The van der Waals surface area contributed by atoms with Crippen LogP contribution in [0.1, 0.15) is 13.3 Å². The Balaban J connectivity index is 3.92. The molecular formula is C8H19N2O5S+. The van der Waals surface area contributed by atoms with Gasteiger partial charge >= 0.3 is 10.4 Å². The Morgan fingerprint density at radius 2 is 2.00 bits per heavy atom. The van der Waals surface area contributed by atoms with Crippen molar-refractivity contribution in [2.24, 2.45) is 0 Å². The Morgan fingerprint density at radius 1 is 1.44 bits per heavy atom. The molecule has 0 heterocycles. The van der Waals surface area contributed by atoms with Crippen molar-refractivity contribution in [3.05, 3.63) is 0 Å². The molecule has 1 amide bonds. The van der Waals surface area contributed by atoms with Gasteiger partial charge in [-0.2, -0.15) is 8.42 Å². The lowest BCUT2D eigenvalue weighted by atomic mass is 10.3. The van der Waals surface area contributed by atoms with Crippen LogP contribution in [0.3, 0.4) is 0 Å². The van der Waals surface area contributed by atoms with Crippen LogP contribution in [-0.2, 0) is 19.4 Å². The first-order chi connectivity index (χ1) is 7.16. The number of amides is 1. The summed E-state index contributed by atoms with van der Waals surface area (Å²) >= 11 is 0. The van der Waals surface area contributed by atoms with Gasteiger partial charge in [-0.3, -0.25) is 9.35 Å². The molecule has 0 aromatic heterocycles. The van der Waals surface area contributed by atoms with Crippen LogP contribution in [-0.4, -0.2) is 57.3 Å². The summed E-state index contributed by atoms with van der Waals surface area (Å²) in [5, 5.41) is 2.24. The fourth-order valence-electron chi connectivity index (χ4n) is 1.31. The number of hydrogen-bond donors (Lipinski definition) is 2. The average molecular weight is 255 g/mol. The van der Waals surface area contributed by atoms with Crippen molar-refractivity contribution in [3.63, 3.8) is 0 Å². The summed E-state index contributed by atoms with van der Waals surface area (Å²) in [5.41, 5.74) is 0. The highest BCUT2D eigenvalue weighted by Crippen LogP contribution is 1.98. The van der Waals surface area contributed by atoms with Crippen LogP contribution in [0, 0.1) is 0 Å². The molecule has 0 aromatic carbocycles. The summed E-state index contributed by atoms with van der Waals surface area (Å²) < 4.78 is 33.1. The second kappa shape index (κ2) is 6.14. The second-order valence-corrected chi connectivity index (χ2v) is 5.20. The summed E-state index contributed by atoms with van der Waals surface area (Å²) in [6, 6.07) is 0. The van der Waals surface area contributed by atoms with Crippen molar-refractivity contribution in [1.29, 1.82) is 0 Å². The van der Waals surface area contributed by atoms with Crippen molar-refractivity contribution >= 4 is 16.3 Å². The Labute approximate surface area is 95.9 Å². The number of hydrogen-bond acceptors (Lipinski definition) is 4. The van der Waals surface area contributed by atoms with E-state index in [0.29, 0.717) is 4.48 Å². The van der Waals surface area contributed by atoms with Gasteiger partial charge in [-0.25, -0.2) is 4.18 Å². The lowest BCUT2D eigenvalue weighted by Crippen LogP contribution is -2.48. The molecule has 0 saturated carbocycles. The van der Waals surface area contributed by atoms with Gasteiger partial charge < -0.3 is 9.80 Å². The molecule has 8 heteroatoms. The van der Waals surface area contributed by atoms with Crippen LogP contribution < -0.4 is 5.32 Å². The minimum atomic E-state index is -4.49. The molecule has 0 saturated heterocycles. The zero-order valence-electron chi connectivity index (χ0n) is 9.76. The molecule has 0 aliphatic heterocycles. The molecule has 2 N–H and O–H groups in total. The maximum Gasteiger partial charge on any atom is 0.399 e. The first kappa shape index (κ1) is 15.3. The van der Waals surface area contributed by atoms with Gasteiger partial charge in [-0.05, 0) is 6.42 Å². The number of nitrogens with zero attached hydrogens (tertiary/aromatic N) is 1. The van der Waals surface area contributed by atoms with Gasteiger partial charge in [0.25, 0.3) is 5.91 Å².